The summed E-state index contributed by atoms with van der Waals surface area (Å²) in [5, 5.41) is 7.31. The Labute approximate surface area is 348 Å². The van der Waals surface area contributed by atoms with Crippen molar-refractivity contribution in [2.75, 3.05) is 9.80 Å². The van der Waals surface area contributed by atoms with Crippen molar-refractivity contribution in [1.82, 2.24) is 0 Å². The van der Waals surface area contributed by atoms with Gasteiger partial charge in [0.1, 0.15) is 11.2 Å². The Morgan fingerprint density at radius 1 is 0.305 bits per heavy atom. The maximum Gasteiger partial charge on any atom is 0.135 e. The number of hydrogen-bond acceptors (Lipinski definition) is 5. The maximum absolute atomic E-state index is 6.32. The quantitative estimate of drug-likeness (QED) is 0.160. The summed E-state index contributed by atoms with van der Waals surface area (Å²) in [7, 11) is 0. The Morgan fingerprint density at radius 3 is 1.41 bits per heavy atom. The van der Waals surface area contributed by atoms with Crippen LogP contribution in [0.3, 0.4) is 0 Å². The molecule has 9 aromatic carbocycles. The summed E-state index contributed by atoms with van der Waals surface area (Å²) in [6.07, 6.45) is 0. The summed E-state index contributed by atoms with van der Waals surface area (Å²) in [6, 6.07) is 74.6. The molecular formula is C54H34N2OS2. The molecule has 3 nitrogen and oxygen atoms in total. The van der Waals surface area contributed by atoms with E-state index in [1.165, 1.54) is 40.3 Å². The minimum Gasteiger partial charge on any atom is -0.456 e. The summed E-state index contributed by atoms with van der Waals surface area (Å²) in [6.45, 7) is 0. The van der Waals surface area contributed by atoms with Crippen molar-refractivity contribution >= 4 is 119 Å². The van der Waals surface area contributed by atoms with Crippen LogP contribution in [0.15, 0.2) is 211 Å². The number of thiophene rings is 2. The number of benzene rings is 9. The van der Waals surface area contributed by atoms with Crippen molar-refractivity contribution in [3.8, 4) is 11.1 Å². The second-order valence-corrected chi connectivity index (χ2v) is 17.0. The second-order valence-electron chi connectivity index (χ2n) is 14.9. The first-order chi connectivity index (χ1) is 29.2. The van der Waals surface area contributed by atoms with Crippen LogP contribution in [-0.4, -0.2) is 0 Å². The zero-order chi connectivity index (χ0) is 38.9. The minimum absolute atomic E-state index is 0.885. The molecule has 3 aromatic heterocycles. The normalized spacial score (nSPS) is 11.7. The van der Waals surface area contributed by atoms with Gasteiger partial charge in [-0.3, -0.25) is 0 Å². The van der Waals surface area contributed by atoms with E-state index in [1.54, 1.807) is 0 Å². The zero-order valence-electron chi connectivity index (χ0n) is 31.7. The average molecular weight is 791 g/mol. The lowest BCUT2D eigenvalue weighted by molar-refractivity contribution is 0.669. The third-order valence-electron chi connectivity index (χ3n) is 11.4. The summed E-state index contributed by atoms with van der Waals surface area (Å²) < 4.78 is 11.4. The number of para-hydroxylation sites is 3. The van der Waals surface area contributed by atoms with Crippen molar-refractivity contribution in [3.05, 3.63) is 206 Å². The van der Waals surface area contributed by atoms with E-state index < -0.39 is 0 Å². The Balaban J connectivity index is 1.19. The second kappa shape index (κ2) is 13.7. The van der Waals surface area contributed by atoms with E-state index in [9.17, 15) is 0 Å². The van der Waals surface area contributed by atoms with Gasteiger partial charge in [-0.1, -0.05) is 121 Å². The first kappa shape index (κ1) is 33.9. The molecule has 0 unspecified atom stereocenters. The SMILES string of the molecule is c1ccc(N(c2ccccc2)c2cc(-c3ccc4oc5ccccc5c4c3)cc(N(c3cccc4c3sc3ccccc34)c3cccc4c3sc3ccccc34)c2)cc1. The molecule has 0 saturated carbocycles. The topological polar surface area (TPSA) is 19.6 Å². The highest BCUT2D eigenvalue weighted by molar-refractivity contribution is 7.27. The van der Waals surface area contributed by atoms with Crippen LogP contribution in [0.1, 0.15) is 0 Å². The molecule has 0 N–H and O–H groups in total. The lowest BCUT2D eigenvalue weighted by Crippen LogP contribution is -2.14. The highest BCUT2D eigenvalue weighted by Gasteiger charge is 2.24. The van der Waals surface area contributed by atoms with Crippen molar-refractivity contribution in [3.63, 3.8) is 0 Å². The van der Waals surface area contributed by atoms with E-state index in [2.05, 4.69) is 204 Å². The van der Waals surface area contributed by atoms with Crippen molar-refractivity contribution in [2.45, 2.75) is 0 Å². The summed E-state index contributed by atoms with van der Waals surface area (Å²) >= 11 is 3.73. The predicted molar refractivity (Wildman–Crippen MR) is 254 cm³/mol. The van der Waals surface area contributed by atoms with Crippen molar-refractivity contribution in [2.24, 2.45) is 0 Å². The first-order valence-corrected chi connectivity index (χ1v) is 21.5. The average Bonchev–Trinajstić information content (AvgIpc) is 3.99. The fourth-order valence-electron chi connectivity index (χ4n) is 8.75. The van der Waals surface area contributed by atoms with E-state index >= 15 is 0 Å². The highest BCUT2D eigenvalue weighted by atomic mass is 32.1. The number of anilines is 6. The van der Waals surface area contributed by atoms with Gasteiger partial charge in [0, 0.05) is 64.5 Å². The fourth-order valence-corrected chi connectivity index (χ4v) is 11.2. The van der Waals surface area contributed by atoms with Crippen LogP contribution in [0.2, 0.25) is 0 Å². The Kier molecular flexibility index (Phi) is 7.90. The van der Waals surface area contributed by atoms with Gasteiger partial charge in [-0.05, 0) is 96.1 Å². The Hall–Kier alpha value is -7.18. The van der Waals surface area contributed by atoms with Crippen LogP contribution in [0, 0.1) is 0 Å². The van der Waals surface area contributed by atoms with Crippen LogP contribution in [-0.2, 0) is 0 Å². The molecule has 0 fully saturated rings. The standard InChI is InChI=1S/C54H34N2OS2/c1-3-15-37(16-4-1)55(38-17-5-2-6-18-38)39-31-36(35-29-30-50-46(33-35)41-19-7-10-26-49(41)57-50)32-40(34-39)56(47-24-13-22-44-42-20-8-11-27-51(42)58-53(44)47)48-25-14-23-45-43-21-9-12-28-52(43)59-54(45)48/h1-34H. The van der Waals surface area contributed by atoms with Gasteiger partial charge in [0.05, 0.1) is 20.8 Å². The van der Waals surface area contributed by atoms with Gasteiger partial charge in [-0.2, -0.15) is 0 Å². The molecule has 12 aromatic rings. The molecule has 0 bridgehead atoms. The van der Waals surface area contributed by atoms with Gasteiger partial charge in [0.25, 0.3) is 0 Å². The molecular weight excluding hydrogens is 757 g/mol. The smallest absolute Gasteiger partial charge is 0.135 e. The molecule has 0 aliphatic heterocycles. The monoisotopic (exact) mass is 790 g/mol. The Morgan fingerprint density at radius 2 is 0.797 bits per heavy atom. The summed E-state index contributed by atoms with van der Waals surface area (Å²) in [4.78, 5) is 4.89. The predicted octanol–water partition coefficient (Wildman–Crippen LogP) is 16.9. The first-order valence-electron chi connectivity index (χ1n) is 19.8. The highest BCUT2D eigenvalue weighted by Crippen LogP contribution is 2.51. The van der Waals surface area contributed by atoms with Gasteiger partial charge in [0.15, 0.2) is 0 Å². The van der Waals surface area contributed by atoms with Crippen LogP contribution in [0.25, 0.3) is 73.4 Å². The molecule has 0 spiro atoms. The third kappa shape index (κ3) is 5.62. The molecule has 0 atom stereocenters. The lowest BCUT2D eigenvalue weighted by atomic mass is 9.99. The number of nitrogens with zero attached hydrogens (tertiary/aromatic N) is 2. The van der Waals surface area contributed by atoms with Crippen molar-refractivity contribution in [1.29, 1.82) is 0 Å². The molecule has 5 heteroatoms. The van der Waals surface area contributed by atoms with Crippen molar-refractivity contribution < 1.29 is 4.42 Å². The molecule has 12 rings (SSSR count). The molecule has 0 saturated heterocycles. The number of furan rings is 1. The lowest BCUT2D eigenvalue weighted by Gasteiger charge is -2.31. The van der Waals surface area contributed by atoms with Gasteiger partial charge < -0.3 is 14.2 Å². The van der Waals surface area contributed by atoms with Crippen LogP contribution < -0.4 is 9.80 Å². The summed E-state index contributed by atoms with van der Waals surface area (Å²) in [5.41, 5.74) is 10.6. The zero-order valence-corrected chi connectivity index (χ0v) is 33.4. The van der Waals surface area contributed by atoms with Gasteiger partial charge in [0.2, 0.25) is 0 Å². The van der Waals surface area contributed by atoms with Gasteiger partial charge in [-0.15, -0.1) is 22.7 Å². The number of hydrogen-bond donors (Lipinski definition) is 0. The number of rotatable bonds is 7. The van der Waals surface area contributed by atoms with Gasteiger partial charge >= 0.3 is 0 Å². The van der Waals surface area contributed by atoms with E-state index in [4.69, 9.17) is 4.42 Å². The fraction of sp³-hybridized carbons (Fsp3) is 0. The molecule has 0 aliphatic rings. The van der Waals surface area contributed by atoms with E-state index in [0.29, 0.717) is 0 Å². The largest absolute Gasteiger partial charge is 0.456 e. The molecule has 59 heavy (non-hydrogen) atoms. The maximum atomic E-state index is 6.32. The molecule has 278 valence electrons. The Bertz CT molecular complexity index is 3380. The van der Waals surface area contributed by atoms with Crippen LogP contribution >= 0.6 is 22.7 Å². The molecule has 3 heterocycles. The van der Waals surface area contributed by atoms with E-state index in [-0.39, 0.29) is 0 Å². The molecule has 0 radical (unpaired) electrons. The minimum atomic E-state index is 0.885. The van der Waals surface area contributed by atoms with E-state index in [0.717, 1.165) is 67.2 Å². The van der Waals surface area contributed by atoms with E-state index in [1.807, 2.05) is 34.8 Å². The summed E-state index contributed by atoms with van der Waals surface area (Å²) in [5.74, 6) is 0. The molecule has 0 aliphatic carbocycles. The van der Waals surface area contributed by atoms with Crippen LogP contribution in [0.4, 0.5) is 34.1 Å². The third-order valence-corrected chi connectivity index (χ3v) is 13.8. The molecule has 0 amide bonds. The van der Waals surface area contributed by atoms with Crippen LogP contribution in [0.5, 0.6) is 0 Å². The van der Waals surface area contributed by atoms with Gasteiger partial charge in [-0.25, -0.2) is 0 Å². The number of fused-ring (bicyclic) bond motifs is 9.